The second-order valence-electron chi connectivity index (χ2n) is 7.06. The van der Waals surface area contributed by atoms with Gasteiger partial charge in [-0.05, 0) is 50.2 Å². The fourth-order valence-corrected chi connectivity index (χ4v) is 3.79. The van der Waals surface area contributed by atoms with E-state index in [1.54, 1.807) is 17.2 Å². The van der Waals surface area contributed by atoms with Gasteiger partial charge in [-0.25, -0.2) is 4.98 Å². The number of aromatic nitrogens is 1. The van der Waals surface area contributed by atoms with Crippen molar-refractivity contribution in [2.75, 3.05) is 25.0 Å². The molecule has 2 N–H and O–H groups in total. The Kier molecular flexibility index (Phi) is 6.04. The number of anilines is 1. The first-order valence-electron chi connectivity index (χ1n) is 9.22. The molecular weight excluding hydrogens is 328 g/mol. The average Bonchev–Trinajstić information content (AvgIpc) is 3.34. The predicted octanol–water partition coefficient (Wildman–Crippen LogP) is 1.64. The maximum absolute atomic E-state index is 12.3. The molecule has 1 aromatic heterocycles. The van der Waals surface area contributed by atoms with E-state index in [0.717, 1.165) is 44.5 Å². The van der Waals surface area contributed by atoms with Crippen LogP contribution >= 0.6 is 0 Å². The molecule has 1 amide bonds. The van der Waals surface area contributed by atoms with Crippen LogP contribution in [0.25, 0.3) is 0 Å². The number of likely N-dealkylation sites (tertiary alicyclic amines) is 1. The van der Waals surface area contributed by atoms with E-state index >= 15 is 0 Å². The molecule has 3 rings (SSSR count). The van der Waals surface area contributed by atoms with Gasteiger partial charge in [-0.2, -0.15) is 10.5 Å². The molecule has 3 atom stereocenters. The molecule has 1 aliphatic heterocycles. The van der Waals surface area contributed by atoms with Gasteiger partial charge >= 0.3 is 0 Å². The number of nitrogens with zero attached hydrogens (tertiary/aromatic N) is 4. The van der Waals surface area contributed by atoms with Crippen LogP contribution in [-0.2, 0) is 4.79 Å². The summed E-state index contributed by atoms with van der Waals surface area (Å²) in [6, 6.07) is 7.96. The third kappa shape index (κ3) is 4.50. The van der Waals surface area contributed by atoms with Gasteiger partial charge in [0.05, 0.1) is 18.2 Å². The normalized spacial score (nSPS) is 24.8. The first kappa shape index (κ1) is 18.2. The zero-order valence-electron chi connectivity index (χ0n) is 14.8. The largest absolute Gasteiger partial charge is 0.370 e. The highest BCUT2D eigenvalue weighted by Gasteiger charge is 2.30. The van der Waals surface area contributed by atoms with E-state index in [-0.39, 0.29) is 11.9 Å². The highest BCUT2D eigenvalue weighted by Crippen LogP contribution is 2.26. The summed E-state index contributed by atoms with van der Waals surface area (Å²) in [5.74, 6) is 1.36. The third-order valence-electron chi connectivity index (χ3n) is 5.27. The van der Waals surface area contributed by atoms with Crippen molar-refractivity contribution in [2.45, 2.75) is 44.2 Å². The van der Waals surface area contributed by atoms with Gasteiger partial charge in [-0.1, -0.05) is 0 Å². The lowest BCUT2D eigenvalue weighted by atomic mass is 10.1. The molecule has 1 aromatic rings. The Hall–Kier alpha value is -2.64. The zero-order valence-corrected chi connectivity index (χ0v) is 14.8. The van der Waals surface area contributed by atoms with Gasteiger partial charge in [0.1, 0.15) is 17.9 Å². The number of nitrogens with one attached hydrogen (secondary N) is 2. The molecule has 0 radical (unpaired) electrons. The number of nitriles is 2. The molecule has 0 aromatic carbocycles. The van der Waals surface area contributed by atoms with Crippen LogP contribution in [0, 0.1) is 28.6 Å². The van der Waals surface area contributed by atoms with E-state index in [2.05, 4.69) is 27.8 Å². The molecule has 7 nitrogen and oxygen atoms in total. The van der Waals surface area contributed by atoms with Gasteiger partial charge in [-0.3, -0.25) is 4.79 Å². The Bertz CT molecular complexity index is 704. The number of hydrogen-bond acceptors (Lipinski definition) is 6. The number of hydrogen-bond donors (Lipinski definition) is 2. The van der Waals surface area contributed by atoms with Crippen molar-refractivity contribution < 1.29 is 4.79 Å². The summed E-state index contributed by atoms with van der Waals surface area (Å²) >= 11 is 0. The molecule has 2 heterocycles. The van der Waals surface area contributed by atoms with Crippen molar-refractivity contribution in [3.05, 3.63) is 23.9 Å². The smallest absolute Gasteiger partial charge is 0.237 e. The van der Waals surface area contributed by atoms with Crippen molar-refractivity contribution in [3.63, 3.8) is 0 Å². The maximum atomic E-state index is 12.3. The Morgan fingerprint density at radius 3 is 2.92 bits per heavy atom. The Morgan fingerprint density at radius 2 is 2.19 bits per heavy atom. The monoisotopic (exact) mass is 352 g/mol. The van der Waals surface area contributed by atoms with E-state index in [9.17, 15) is 4.79 Å². The van der Waals surface area contributed by atoms with Gasteiger partial charge in [-0.15, -0.1) is 0 Å². The van der Waals surface area contributed by atoms with Crippen molar-refractivity contribution >= 4 is 11.7 Å². The lowest BCUT2D eigenvalue weighted by molar-refractivity contribution is -0.130. The molecular formula is C19H24N6O. The fourth-order valence-electron chi connectivity index (χ4n) is 3.79. The van der Waals surface area contributed by atoms with Crippen molar-refractivity contribution in [2.24, 2.45) is 5.92 Å². The summed E-state index contributed by atoms with van der Waals surface area (Å²) in [6.45, 7) is 1.86. The SMILES string of the molecule is N#Cc1ccc(NCC2CCC(NCC(=O)N3CCC[C@H]3C#N)C2)nc1. The first-order chi connectivity index (χ1) is 12.7. The van der Waals surface area contributed by atoms with Crippen molar-refractivity contribution in [1.29, 1.82) is 10.5 Å². The number of rotatable bonds is 6. The van der Waals surface area contributed by atoms with E-state index in [1.807, 2.05) is 6.07 Å². The molecule has 2 aliphatic rings. The quantitative estimate of drug-likeness (QED) is 0.806. The predicted molar refractivity (Wildman–Crippen MR) is 96.9 cm³/mol. The minimum Gasteiger partial charge on any atom is -0.370 e. The van der Waals surface area contributed by atoms with E-state index in [4.69, 9.17) is 10.5 Å². The highest BCUT2D eigenvalue weighted by atomic mass is 16.2. The molecule has 7 heteroatoms. The summed E-state index contributed by atoms with van der Waals surface area (Å²) in [5.41, 5.74) is 0.557. The number of pyridine rings is 1. The van der Waals surface area contributed by atoms with Crippen LogP contribution in [0.5, 0.6) is 0 Å². The van der Waals surface area contributed by atoms with Crippen molar-refractivity contribution in [3.8, 4) is 12.1 Å². The van der Waals surface area contributed by atoms with Gasteiger partial charge in [0.25, 0.3) is 0 Å². The number of amides is 1. The van der Waals surface area contributed by atoms with Crippen LogP contribution in [0.1, 0.15) is 37.7 Å². The fraction of sp³-hybridized carbons (Fsp3) is 0.579. The van der Waals surface area contributed by atoms with Crippen LogP contribution in [0.3, 0.4) is 0 Å². The van der Waals surface area contributed by atoms with Crippen LogP contribution in [0.2, 0.25) is 0 Å². The summed E-state index contributed by atoms with van der Waals surface area (Å²) < 4.78 is 0. The Balaban J connectivity index is 1.38. The second-order valence-corrected chi connectivity index (χ2v) is 7.06. The van der Waals surface area contributed by atoms with E-state index in [0.29, 0.717) is 30.6 Å². The minimum absolute atomic E-state index is 0.0393. The van der Waals surface area contributed by atoms with Crippen molar-refractivity contribution in [1.82, 2.24) is 15.2 Å². The minimum atomic E-state index is -0.246. The van der Waals surface area contributed by atoms with Crippen LogP contribution in [0.15, 0.2) is 18.3 Å². The van der Waals surface area contributed by atoms with Crippen LogP contribution < -0.4 is 10.6 Å². The molecule has 1 aliphatic carbocycles. The molecule has 2 fully saturated rings. The molecule has 0 spiro atoms. The average molecular weight is 352 g/mol. The third-order valence-corrected chi connectivity index (χ3v) is 5.27. The molecule has 2 unspecified atom stereocenters. The summed E-state index contributed by atoms with van der Waals surface area (Å²) in [5, 5.41) is 24.6. The van der Waals surface area contributed by atoms with E-state index in [1.165, 1.54) is 0 Å². The summed E-state index contributed by atoms with van der Waals surface area (Å²) in [6.07, 6.45) is 6.48. The Labute approximate surface area is 154 Å². The highest BCUT2D eigenvalue weighted by molar-refractivity contribution is 5.79. The lowest BCUT2D eigenvalue weighted by Gasteiger charge is -2.21. The number of carbonyl (C=O) groups excluding carboxylic acids is 1. The Morgan fingerprint density at radius 1 is 1.31 bits per heavy atom. The molecule has 1 saturated heterocycles. The standard InChI is InChI=1S/C19H24N6O/c20-9-15-4-6-18(24-12-15)23-11-14-3-5-16(8-14)22-13-19(26)25-7-1-2-17(25)10-21/h4,6,12,14,16-17,22H,1-3,5,7-8,11,13H2,(H,23,24)/t14?,16?,17-/m0/s1. The first-order valence-corrected chi connectivity index (χ1v) is 9.22. The van der Waals surface area contributed by atoms with Gasteiger partial charge in [0.2, 0.25) is 5.91 Å². The van der Waals surface area contributed by atoms with Gasteiger partial charge in [0.15, 0.2) is 0 Å². The van der Waals surface area contributed by atoms with Gasteiger partial charge < -0.3 is 15.5 Å². The topological polar surface area (TPSA) is 105 Å². The molecule has 26 heavy (non-hydrogen) atoms. The maximum Gasteiger partial charge on any atom is 0.237 e. The summed E-state index contributed by atoms with van der Waals surface area (Å²) in [4.78, 5) is 18.2. The zero-order chi connectivity index (χ0) is 18.4. The second kappa shape index (κ2) is 8.64. The van der Waals surface area contributed by atoms with Crippen LogP contribution in [0.4, 0.5) is 5.82 Å². The number of carbonyl (C=O) groups is 1. The van der Waals surface area contributed by atoms with Crippen LogP contribution in [-0.4, -0.2) is 47.5 Å². The molecule has 0 bridgehead atoms. The summed E-state index contributed by atoms with van der Waals surface area (Å²) in [7, 11) is 0. The van der Waals surface area contributed by atoms with E-state index < -0.39 is 0 Å². The lowest BCUT2D eigenvalue weighted by Crippen LogP contribution is -2.43. The molecule has 136 valence electrons. The molecule has 1 saturated carbocycles. The van der Waals surface area contributed by atoms with Gasteiger partial charge in [0, 0.05) is 25.3 Å².